The van der Waals surface area contributed by atoms with Gasteiger partial charge >= 0.3 is 5.63 Å². The Balaban J connectivity index is 2.46. The minimum Gasteiger partial charge on any atom is -0.506 e. The Hall–Kier alpha value is -2.01. The van der Waals surface area contributed by atoms with Crippen LogP contribution in [-0.4, -0.2) is 17.0 Å². The summed E-state index contributed by atoms with van der Waals surface area (Å²) in [4.78, 5) is 23.6. The van der Waals surface area contributed by atoms with Gasteiger partial charge in [0.1, 0.15) is 33.8 Å². The molecule has 1 aliphatic rings. The third kappa shape index (κ3) is 1.70. The van der Waals surface area contributed by atoms with Crippen molar-refractivity contribution in [3.63, 3.8) is 0 Å². The number of phenolic OH excluding ortho intramolecular Hbond substituents is 1. The molecule has 6 heteroatoms. The summed E-state index contributed by atoms with van der Waals surface area (Å²) in [6.45, 7) is 3.34. The smallest absolute Gasteiger partial charge is 0.355 e. The number of carbonyl (C=O) groups is 1. The molecule has 0 aliphatic carbocycles. The van der Waals surface area contributed by atoms with Crippen LogP contribution in [0.25, 0.3) is 11.0 Å². The third-order valence-electron chi connectivity index (χ3n) is 3.39. The van der Waals surface area contributed by atoms with Crippen LogP contribution in [0.5, 0.6) is 11.5 Å². The van der Waals surface area contributed by atoms with Gasteiger partial charge in [0, 0.05) is 12.5 Å². The molecule has 20 heavy (non-hydrogen) atoms. The van der Waals surface area contributed by atoms with Crippen LogP contribution in [0.2, 0.25) is 5.02 Å². The van der Waals surface area contributed by atoms with Crippen molar-refractivity contribution in [3.05, 3.63) is 32.6 Å². The van der Waals surface area contributed by atoms with Crippen molar-refractivity contribution in [3.8, 4) is 11.5 Å². The molecule has 0 saturated heterocycles. The van der Waals surface area contributed by atoms with Crippen LogP contribution < -0.4 is 10.4 Å². The molecule has 2 aromatic rings. The highest BCUT2D eigenvalue weighted by Gasteiger charge is 2.30. The highest BCUT2D eigenvalue weighted by molar-refractivity contribution is 6.32. The number of halogens is 1. The lowest BCUT2D eigenvalue weighted by Gasteiger charge is -2.23. The van der Waals surface area contributed by atoms with Crippen LogP contribution in [0.4, 0.5) is 0 Å². The summed E-state index contributed by atoms with van der Waals surface area (Å²) >= 11 is 5.84. The normalized spacial score (nSPS) is 17.9. The molecular formula is C14H11ClO5. The maximum Gasteiger partial charge on any atom is 0.355 e. The van der Waals surface area contributed by atoms with E-state index in [9.17, 15) is 14.7 Å². The second-order valence-electron chi connectivity index (χ2n) is 4.86. The van der Waals surface area contributed by atoms with Crippen molar-refractivity contribution in [2.45, 2.75) is 26.4 Å². The van der Waals surface area contributed by atoms with Crippen LogP contribution in [0, 0.1) is 6.92 Å². The molecular weight excluding hydrogens is 284 g/mol. The van der Waals surface area contributed by atoms with Crippen molar-refractivity contribution in [2.24, 2.45) is 0 Å². The van der Waals surface area contributed by atoms with Crippen LogP contribution in [0.3, 0.4) is 0 Å². The third-order valence-corrected chi connectivity index (χ3v) is 3.83. The molecule has 1 aromatic carbocycles. The van der Waals surface area contributed by atoms with Crippen molar-refractivity contribution < 1.29 is 19.1 Å². The fraction of sp³-hybridized carbons (Fsp3) is 0.286. The molecule has 104 valence electrons. The Morgan fingerprint density at radius 2 is 2.10 bits per heavy atom. The van der Waals surface area contributed by atoms with Crippen LogP contribution in [-0.2, 0) is 0 Å². The predicted octanol–water partition coefficient (Wildman–Crippen LogP) is 2.81. The number of hydrogen-bond acceptors (Lipinski definition) is 5. The Kier molecular flexibility index (Phi) is 2.76. The first-order chi connectivity index (χ1) is 9.40. The highest BCUT2D eigenvalue weighted by atomic mass is 35.5. The number of Topliss-reactive ketones (excluding diaryl/α,β-unsaturated/α-hetero) is 1. The molecule has 3 rings (SSSR count). The van der Waals surface area contributed by atoms with E-state index in [2.05, 4.69) is 0 Å². The van der Waals surface area contributed by atoms with Gasteiger partial charge in [0.2, 0.25) is 0 Å². The lowest BCUT2D eigenvalue weighted by molar-refractivity contribution is 0.0867. The summed E-state index contributed by atoms with van der Waals surface area (Å²) in [6, 6.07) is 1.45. The molecule has 0 radical (unpaired) electrons. The lowest BCUT2D eigenvalue weighted by atomic mass is 9.97. The van der Waals surface area contributed by atoms with Crippen LogP contribution in [0.1, 0.15) is 29.3 Å². The van der Waals surface area contributed by atoms with Crippen molar-refractivity contribution in [2.75, 3.05) is 0 Å². The predicted molar refractivity (Wildman–Crippen MR) is 72.9 cm³/mol. The molecule has 1 unspecified atom stereocenters. The van der Waals surface area contributed by atoms with E-state index in [1.807, 2.05) is 0 Å². The zero-order valence-electron chi connectivity index (χ0n) is 10.8. The lowest BCUT2D eigenvalue weighted by Crippen LogP contribution is -2.24. The second kappa shape index (κ2) is 4.24. The summed E-state index contributed by atoms with van der Waals surface area (Å²) in [5.74, 6) is -0.235. The van der Waals surface area contributed by atoms with E-state index in [-0.39, 0.29) is 51.4 Å². The Bertz CT molecular complexity index is 806. The minimum atomic E-state index is -0.689. The summed E-state index contributed by atoms with van der Waals surface area (Å²) in [5, 5.41) is 10.5. The number of ether oxygens (including phenoxy) is 1. The number of benzene rings is 1. The van der Waals surface area contributed by atoms with E-state index < -0.39 is 5.63 Å². The van der Waals surface area contributed by atoms with E-state index in [1.54, 1.807) is 13.8 Å². The Morgan fingerprint density at radius 3 is 2.80 bits per heavy atom. The zero-order valence-corrected chi connectivity index (χ0v) is 11.6. The quantitative estimate of drug-likeness (QED) is 0.756. The number of carbonyl (C=O) groups excluding carboxylic acids is 1. The monoisotopic (exact) mass is 294 g/mol. The highest BCUT2D eigenvalue weighted by Crippen LogP contribution is 2.41. The molecule has 0 saturated carbocycles. The van der Waals surface area contributed by atoms with Gasteiger partial charge in [0.25, 0.3) is 0 Å². The van der Waals surface area contributed by atoms with Gasteiger partial charge in [-0.3, -0.25) is 4.79 Å². The molecule has 1 aromatic heterocycles. The summed E-state index contributed by atoms with van der Waals surface area (Å²) in [6.07, 6.45) is -0.0951. The van der Waals surface area contributed by atoms with Gasteiger partial charge in [-0.2, -0.15) is 0 Å². The van der Waals surface area contributed by atoms with Crippen LogP contribution in [0.15, 0.2) is 15.3 Å². The summed E-state index contributed by atoms with van der Waals surface area (Å²) in [7, 11) is 0. The molecule has 2 heterocycles. The molecule has 1 aliphatic heterocycles. The number of aryl methyl sites for hydroxylation is 1. The topological polar surface area (TPSA) is 76.7 Å². The van der Waals surface area contributed by atoms with Gasteiger partial charge in [-0.15, -0.1) is 0 Å². The average molecular weight is 295 g/mol. The van der Waals surface area contributed by atoms with Gasteiger partial charge in [-0.05, 0) is 19.4 Å². The summed E-state index contributed by atoms with van der Waals surface area (Å²) in [5.41, 5.74) is -0.0468. The maximum absolute atomic E-state index is 12.1. The number of ketones is 1. The van der Waals surface area contributed by atoms with Crippen LogP contribution >= 0.6 is 11.6 Å². The van der Waals surface area contributed by atoms with Gasteiger partial charge in [0.15, 0.2) is 5.78 Å². The molecule has 0 bridgehead atoms. The first-order valence-corrected chi connectivity index (χ1v) is 6.46. The standard InChI is InChI=1S/C14H11ClO5/c1-5-3-7(16)11-9(19-5)4-8-10(13(11)17)6(2)12(15)14(18)20-8/h4-5,17H,3H2,1-2H3. The van der Waals surface area contributed by atoms with E-state index in [4.69, 9.17) is 20.8 Å². The second-order valence-corrected chi connectivity index (χ2v) is 5.23. The number of hydrogen-bond donors (Lipinski definition) is 1. The maximum atomic E-state index is 12.1. The number of aromatic hydroxyl groups is 1. The molecule has 0 amide bonds. The number of fused-ring (bicyclic) bond motifs is 2. The molecule has 0 fully saturated rings. The van der Waals surface area contributed by atoms with Gasteiger partial charge in [-0.25, -0.2) is 4.79 Å². The zero-order chi connectivity index (χ0) is 14.6. The number of rotatable bonds is 0. The molecule has 0 spiro atoms. The van der Waals surface area contributed by atoms with Crippen molar-refractivity contribution >= 4 is 28.4 Å². The first-order valence-electron chi connectivity index (χ1n) is 6.09. The first kappa shape index (κ1) is 13.0. The van der Waals surface area contributed by atoms with Crippen molar-refractivity contribution in [1.82, 2.24) is 0 Å². The van der Waals surface area contributed by atoms with Gasteiger partial charge in [0.05, 0.1) is 5.39 Å². The summed E-state index contributed by atoms with van der Waals surface area (Å²) < 4.78 is 10.6. The van der Waals surface area contributed by atoms with E-state index in [0.717, 1.165) is 0 Å². The molecule has 5 nitrogen and oxygen atoms in total. The van der Waals surface area contributed by atoms with Gasteiger partial charge < -0.3 is 14.3 Å². The average Bonchev–Trinajstić information content (AvgIpc) is 2.34. The number of phenols is 1. The SMILES string of the molecule is Cc1c(Cl)c(=O)oc2cc3c(c(O)c12)C(=O)CC(C)O3. The van der Waals surface area contributed by atoms with E-state index >= 15 is 0 Å². The fourth-order valence-corrected chi connectivity index (χ4v) is 2.59. The van der Waals surface area contributed by atoms with Crippen molar-refractivity contribution in [1.29, 1.82) is 0 Å². The van der Waals surface area contributed by atoms with E-state index in [0.29, 0.717) is 5.56 Å². The van der Waals surface area contributed by atoms with E-state index in [1.165, 1.54) is 6.07 Å². The molecule has 1 atom stereocenters. The Morgan fingerprint density at radius 1 is 1.40 bits per heavy atom. The minimum absolute atomic E-state index is 0.106. The largest absolute Gasteiger partial charge is 0.506 e. The van der Waals surface area contributed by atoms with Gasteiger partial charge in [-0.1, -0.05) is 11.6 Å². The fourth-order valence-electron chi connectivity index (χ4n) is 2.46. The Labute approximate surface area is 118 Å². The molecule has 1 N–H and O–H groups in total.